The van der Waals surface area contributed by atoms with Crippen molar-refractivity contribution in [3.05, 3.63) is 29.8 Å². The molecule has 0 aliphatic carbocycles. The second-order valence-electron chi connectivity index (χ2n) is 5.04. The highest BCUT2D eigenvalue weighted by Gasteiger charge is 2.36. The van der Waals surface area contributed by atoms with E-state index in [-0.39, 0.29) is 5.91 Å². The topological polar surface area (TPSA) is 76.1 Å². The van der Waals surface area contributed by atoms with Gasteiger partial charge in [0, 0.05) is 19.2 Å². The van der Waals surface area contributed by atoms with Gasteiger partial charge in [-0.25, -0.2) is 4.79 Å². The number of carboxylic acids is 1. The molecule has 0 bridgehead atoms. The van der Waals surface area contributed by atoms with Gasteiger partial charge in [-0.15, -0.1) is 0 Å². The first-order valence-electron chi connectivity index (χ1n) is 6.78. The zero-order chi connectivity index (χ0) is 15.4. The van der Waals surface area contributed by atoms with E-state index in [1.54, 1.807) is 14.2 Å². The van der Waals surface area contributed by atoms with Crippen LogP contribution in [0.3, 0.4) is 0 Å². The third kappa shape index (κ3) is 3.52. The molecule has 1 fully saturated rings. The van der Waals surface area contributed by atoms with Gasteiger partial charge in [-0.3, -0.25) is 4.79 Å². The second kappa shape index (κ2) is 6.58. The molecule has 1 aliphatic heterocycles. The molecule has 1 aromatic rings. The summed E-state index contributed by atoms with van der Waals surface area (Å²) in [6.45, 7) is 0.389. The molecular formula is C15H19NO5. The third-order valence-electron chi connectivity index (χ3n) is 3.55. The molecule has 21 heavy (non-hydrogen) atoms. The number of likely N-dealkylation sites (N-methyl/N-ethyl adjacent to an activating group) is 1. The van der Waals surface area contributed by atoms with Gasteiger partial charge in [-0.2, -0.15) is 0 Å². The molecule has 0 aromatic heterocycles. The molecule has 0 radical (unpaired) electrons. The van der Waals surface area contributed by atoms with Crippen molar-refractivity contribution in [2.45, 2.75) is 31.6 Å². The molecule has 1 saturated heterocycles. The molecule has 114 valence electrons. The minimum atomic E-state index is -1.02. The average molecular weight is 293 g/mol. The van der Waals surface area contributed by atoms with Crippen LogP contribution in [-0.2, 0) is 20.9 Å². The van der Waals surface area contributed by atoms with E-state index in [0.29, 0.717) is 25.1 Å². The summed E-state index contributed by atoms with van der Waals surface area (Å²) in [5.74, 6) is -0.504. The molecule has 1 aliphatic rings. The Morgan fingerprint density at radius 3 is 2.62 bits per heavy atom. The molecule has 0 saturated carbocycles. The van der Waals surface area contributed by atoms with E-state index in [4.69, 9.17) is 14.6 Å². The van der Waals surface area contributed by atoms with Crippen molar-refractivity contribution >= 4 is 11.9 Å². The summed E-state index contributed by atoms with van der Waals surface area (Å²) in [5, 5.41) is 8.89. The molecule has 6 nitrogen and oxygen atoms in total. The Balaban J connectivity index is 1.99. The van der Waals surface area contributed by atoms with Crippen molar-refractivity contribution in [2.75, 3.05) is 14.2 Å². The number of hydrogen-bond donors (Lipinski definition) is 1. The van der Waals surface area contributed by atoms with Crippen molar-refractivity contribution in [3.63, 3.8) is 0 Å². The van der Waals surface area contributed by atoms with Crippen LogP contribution in [0.2, 0.25) is 0 Å². The zero-order valence-corrected chi connectivity index (χ0v) is 12.1. The summed E-state index contributed by atoms with van der Waals surface area (Å²) in [6.07, 6.45) is -0.746. The van der Waals surface area contributed by atoms with E-state index in [1.807, 2.05) is 24.3 Å². The number of carbonyl (C=O) groups is 2. The van der Waals surface area contributed by atoms with Crippen LogP contribution in [0.25, 0.3) is 0 Å². The number of carboxylic acid groups (broad SMARTS) is 1. The van der Waals surface area contributed by atoms with Crippen LogP contribution in [0.15, 0.2) is 24.3 Å². The maximum absolute atomic E-state index is 12.3. The number of rotatable bonds is 5. The van der Waals surface area contributed by atoms with Gasteiger partial charge in [0.05, 0.1) is 7.11 Å². The predicted octanol–water partition coefficient (Wildman–Crippen LogP) is 1.29. The van der Waals surface area contributed by atoms with Crippen molar-refractivity contribution < 1.29 is 24.2 Å². The highest BCUT2D eigenvalue weighted by atomic mass is 16.5. The van der Waals surface area contributed by atoms with Crippen molar-refractivity contribution in [2.24, 2.45) is 0 Å². The van der Waals surface area contributed by atoms with Crippen molar-refractivity contribution in [1.82, 2.24) is 4.90 Å². The first kappa shape index (κ1) is 15.3. The van der Waals surface area contributed by atoms with Crippen molar-refractivity contribution in [3.8, 4) is 5.75 Å². The minimum Gasteiger partial charge on any atom is -0.496 e. The fourth-order valence-corrected chi connectivity index (χ4v) is 2.41. The molecule has 2 atom stereocenters. The summed E-state index contributed by atoms with van der Waals surface area (Å²) in [4.78, 5) is 24.7. The first-order valence-corrected chi connectivity index (χ1v) is 6.78. The molecule has 6 heteroatoms. The molecule has 1 N–H and O–H groups in total. The van der Waals surface area contributed by atoms with E-state index in [0.717, 1.165) is 5.56 Å². The number of amides is 1. The van der Waals surface area contributed by atoms with Gasteiger partial charge in [-0.05, 0) is 18.9 Å². The average Bonchev–Trinajstić information content (AvgIpc) is 2.97. The van der Waals surface area contributed by atoms with E-state index in [9.17, 15) is 9.59 Å². The van der Waals surface area contributed by atoms with Crippen LogP contribution in [0, 0.1) is 0 Å². The Morgan fingerprint density at radius 1 is 1.33 bits per heavy atom. The molecule has 1 aromatic carbocycles. The fraction of sp³-hybridized carbons (Fsp3) is 0.467. The molecule has 1 heterocycles. The number of carbonyl (C=O) groups excluding carboxylic acids is 1. The van der Waals surface area contributed by atoms with Gasteiger partial charge < -0.3 is 19.5 Å². The lowest BCUT2D eigenvalue weighted by atomic mass is 10.1. The van der Waals surface area contributed by atoms with Crippen LogP contribution >= 0.6 is 0 Å². The number of ether oxygens (including phenoxy) is 2. The Kier molecular flexibility index (Phi) is 4.80. The number of para-hydroxylation sites is 1. The highest BCUT2D eigenvalue weighted by molar-refractivity contribution is 5.82. The normalized spacial score (nSPS) is 21.0. The maximum Gasteiger partial charge on any atom is 0.332 e. The van der Waals surface area contributed by atoms with Crippen LogP contribution in [0.4, 0.5) is 0 Å². The van der Waals surface area contributed by atoms with E-state index in [1.165, 1.54) is 4.90 Å². The SMILES string of the molecule is COc1ccccc1CN(C)C(=O)[C@@H]1CC[C@H](C(=O)O)O1. The lowest BCUT2D eigenvalue weighted by molar-refractivity contribution is -0.154. The van der Waals surface area contributed by atoms with Crippen LogP contribution < -0.4 is 4.74 Å². The van der Waals surface area contributed by atoms with Crippen LogP contribution in [0.5, 0.6) is 5.75 Å². The number of nitrogens with zero attached hydrogens (tertiary/aromatic N) is 1. The number of methoxy groups -OCH3 is 1. The summed E-state index contributed by atoms with van der Waals surface area (Å²) in [5.41, 5.74) is 0.892. The molecule has 0 spiro atoms. The minimum absolute atomic E-state index is 0.204. The first-order chi connectivity index (χ1) is 10.0. The monoisotopic (exact) mass is 293 g/mol. The largest absolute Gasteiger partial charge is 0.496 e. The quantitative estimate of drug-likeness (QED) is 0.885. The Bertz CT molecular complexity index is 531. The fourth-order valence-electron chi connectivity index (χ4n) is 2.41. The Morgan fingerprint density at radius 2 is 2.00 bits per heavy atom. The standard InChI is InChI=1S/C15H19NO5/c1-16(9-10-5-3-4-6-11(10)20-2)14(17)12-7-8-13(21-12)15(18)19/h3-6,12-13H,7-9H2,1-2H3,(H,18,19)/t12-,13+/m0/s1. The van der Waals surface area contributed by atoms with Crippen LogP contribution in [0.1, 0.15) is 18.4 Å². The van der Waals surface area contributed by atoms with Gasteiger partial charge in [0.1, 0.15) is 11.9 Å². The van der Waals surface area contributed by atoms with Crippen molar-refractivity contribution in [1.29, 1.82) is 0 Å². The van der Waals surface area contributed by atoms with Gasteiger partial charge in [0.2, 0.25) is 0 Å². The van der Waals surface area contributed by atoms with E-state index < -0.39 is 18.2 Å². The molecule has 2 rings (SSSR count). The summed E-state index contributed by atoms with van der Waals surface area (Å²) in [7, 11) is 3.25. The molecule has 1 amide bonds. The lowest BCUT2D eigenvalue weighted by Crippen LogP contribution is -2.36. The zero-order valence-electron chi connectivity index (χ0n) is 12.1. The predicted molar refractivity (Wildman–Crippen MR) is 75.0 cm³/mol. The smallest absolute Gasteiger partial charge is 0.332 e. The molecular weight excluding hydrogens is 274 g/mol. The Hall–Kier alpha value is -2.08. The number of aliphatic carboxylic acids is 1. The lowest BCUT2D eigenvalue weighted by Gasteiger charge is -2.22. The highest BCUT2D eigenvalue weighted by Crippen LogP contribution is 2.23. The number of benzene rings is 1. The van der Waals surface area contributed by atoms with Crippen LogP contribution in [-0.4, -0.2) is 48.2 Å². The summed E-state index contributed by atoms with van der Waals surface area (Å²) < 4.78 is 10.5. The van der Waals surface area contributed by atoms with Gasteiger partial charge in [-0.1, -0.05) is 18.2 Å². The Labute approximate surface area is 123 Å². The maximum atomic E-state index is 12.3. The molecule has 0 unspecified atom stereocenters. The van der Waals surface area contributed by atoms with E-state index in [2.05, 4.69) is 0 Å². The van der Waals surface area contributed by atoms with E-state index >= 15 is 0 Å². The van der Waals surface area contributed by atoms with Gasteiger partial charge >= 0.3 is 5.97 Å². The second-order valence-corrected chi connectivity index (χ2v) is 5.04. The summed E-state index contributed by atoms with van der Waals surface area (Å²) in [6, 6.07) is 7.46. The third-order valence-corrected chi connectivity index (χ3v) is 3.55. The summed E-state index contributed by atoms with van der Waals surface area (Å²) >= 11 is 0. The number of hydrogen-bond acceptors (Lipinski definition) is 4. The van der Waals surface area contributed by atoms with Gasteiger partial charge in [0.25, 0.3) is 5.91 Å². The van der Waals surface area contributed by atoms with Gasteiger partial charge in [0.15, 0.2) is 6.10 Å².